The number of para-hydroxylation sites is 1. The number of nitrogens with two attached hydrogens (primary N) is 1. The maximum atomic E-state index is 6.12. The molecule has 0 fully saturated rings. The third kappa shape index (κ3) is 3.17. The van der Waals surface area contributed by atoms with Gasteiger partial charge in [-0.3, -0.25) is 0 Å². The van der Waals surface area contributed by atoms with E-state index in [1.807, 2.05) is 36.7 Å². The van der Waals surface area contributed by atoms with Gasteiger partial charge in [0.05, 0.1) is 24.0 Å². The van der Waals surface area contributed by atoms with E-state index in [0.29, 0.717) is 12.3 Å². The predicted octanol–water partition coefficient (Wildman–Crippen LogP) is 3.69. The maximum absolute atomic E-state index is 6.12. The summed E-state index contributed by atoms with van der Waals surface area (Å²) in [6.45, 7) is 4.68. The molecule has 0 aliphatic rings. The number of thiazole rings is 1. The van der Waals surface area contributed by atoms with Crippen molar-refractivity contribution in [3.05, 3.63) is 34.8 Å². The molecule has 0 aliphatic carbocycles. The highest BCUT2D eigenvalue weighted by Gasteiger charge is 2.14. The van der Waals surface area contributed by atoms with Crippen LogP contribution in [-0.2, 0) is 0 Å². The topological polar surface area (TPSA) is 60.2 Å². The van der Waals surface area contributed by atoms with E-state index in [2.05, 4.69) is 17.2 Å². The van der Waals surface area contributed by atoms with Gasteiger partial charge in [-0.1, -0.05) is 13.0 Å². The van der Waals surface area contributed by atoms with Crippen molar-refractivity contribution >= 4 is 22.7 Å². The smallest absolute Gasteiger partial charge is 0.144 e. The Morgan fingerprint density at radius 3 is 2.89 bits per heavy atom. The van der Waals surface area contributed by atoms with E-state index in [1.165, 1.54) is 0 Å². The lowest BCUT2D eigenvalue weighted by atomic mass is 10.2. The van der Waals surface area contributed by atoms with Gasteiger partial charge in [0.2, 0.25) is 0 Å². The fourth-order valence-corrected chi connectivity index (χ4v) is 2.66. The molecule has 1 heterocycles. The molecule has 2 rings (SSSR count). The van der Waals surface area contributed by atoms with Gasteiger partial charge >= 0.3 is 0 Å². The van der Waals surface area contributed by atoms with Crippen molar-refractivity contribution in [2.75, 3.05) is 17.7 Å². The van der Waals surface area contributed by atoms with E-state index in [-0.39, 0.29) is 6.04 Å². The first-order valence-corrected chi connectivity index (χ1v) is 7.31. The van der Waals surface area contributed by atoms with Crippen molar-refractivity contribution < 1.29 is 4.74 Å². The highest BCUT2D eigenvalue weighted by molar-refractivity contribution is 7.09. The molecule has 0 amide bonds. The number of anilines is 2. The molecule has 5 heteroatoms. The van der Waals surface area contributed by atoms with Crippen LogP contribution in [0.4, 0.5) is 11.4 Å². The fraction of sp³-hybridized carbons (Fsp3) is 0.357. The van der Waals surface area contributed by atoms with Gasteiger partial charge in [-0.25, -0.2) is 4.98 Å². The summed E-state index contributed by atoms with van der Waals surface area (Å²) in [5.41, 5.74) is 7.67. The second-order valence-corrected chi connectivity index (χ2v) is 5.05. The molecule has 0 spiro atoms. The number of aromatic nitrogens is 1. The van der Waals surface area contributed by atoms with E-state index in [0.717, 1.165) is 22.9 Å². The summed E-state index contributed by atoms with van der Waals surface area (Å²) in [7, 11) is 0. The Balaban J connectivity index is 2.20. The molecule has 19 heavy (non-hydrogen) atoms. The lowest BCUT2D eigenvalue weighted by Gasteiger charge is -2.18. The average molecular weight is 277 g/mol. The van der Waals surface area contributed by atoms with Crippen molar-refractivity contribution in [1.29, 1.82) is 0 Å². The van der Waals surface area contributed by atoms with Crippen molar-refractivity contribution in [3.8, 4) is 5.75 Å². The zero-order valence-corrected chi connectivity index (χ0v) is 12.0. The molecule has 1 aromatic carbocycles. The monoisotopic (exact) mass is 277 g/mol. The van der Waals surface area contributed by atoms with Gasteiger partial charge in [0, 0.05) is 11.6 Å². The Hall–Kier alpha value is -1.75. The number of nitrogens with zero attached hydrogens (tertiary/aromatic N) is 1. The minimum atomic E-state index is 0.180. The zero-order chi connectivity index (χ0) is 13.7. The number of hydrogen-bond acceptors (Lipinski definition) is 5. The highest BCUT2D eigenvalue weighted by atomic mass is 32.1. The fourth-order valence-electron chi connectivity index (χ4n) is 1.88. The van der Waals surface area contributed by atoms with Gasteiger partial charge in [-0.15, -0.1) is 11.3 Å². The Morgan fingerprint density at radius 1 is 1.42 bits per heavy atom. The Morgan fingerprint density at radius 2 is 2.26 bits per heavy atom. The van der Waals surface area contributed by atoms with E-state index in [4.69, 9.17) is 10.5 Å². The summed E-state index contributed by atoms with van der Waals surface area (Å²) < 4.78 is 5.51. The number of ether oxygens (including phenoxy) is 1. The van der Waals surface area contributed by atoms with E-state index in [9.17, 15) is 0 Å². The van der Waals surface area contributed by atoms with Crippen LogP contribution in [0, 0.1) is 0 Å². The van der Waals surface area contributed by atoms with Crippen molar-refractivity contribution in [2.24, 2.45) is 0 Å². The Kier molecular flexibility index (Phi) is 4.63. The summed E-state index contributed by atoms with van der Waals surface area (Å²) in [6, 6.07) is 5.97. The lowest BCUT2D eigenvalue weighted by molar-refractivity contribution is 0.342. The largest absolute Gasteiger partial charge is 0.492 e. The molecule has 0 radical (unpaired) electrons. The summed E-state index contributed by atoms with van der Waals surface area (Å²) in [4.78, 5) is 4.36. The van der Waals surface area contributed by atoms with Gasteiger partial charge < -0.3 is 15.8 Å². The normalized spacial score (nSPS) is 12.1. The van der Waals surface area contributed by atoms with Crippen molar-refractivity contribution in [3.63, 3.8) is 0 Å². The second-order valence-electron chi connectivity index (χ2n) is 4.13. The minimum Gasteiger partial charge on any atom is -0.492 e. The number of nitrogens with one attached hydrogen (secondary N) is 1. The Bertz CT molecular complexity index is 513. The van der Waals surface area contributed by atoms with Crippen LogP contribution in [0.25, 0.3) is 0 Å². The lowest BCUT2D eigenvalue weighted by Crippen LogP contribution is -2.11. The molecule has 0 saturated carbocycles. The SMILES string of the molecule is CCOc1cccc(NC(CC)c2nccs2)c1N. The summed E-state index contributed by atoms with van der Waals surface area (Å²) in [5.74, 6) is 0.724. The number of rotatable bonds is 6. The molecule has 1 aromatic heterocycles. The minimum absolute atomic E-state index is 0.180. The first-order chi connectivity index (χ1) is 9.26. The average Bonchev–Trinajstić information content (AvgIpc) is 2.94. The van der Waals surface area contributed by atoms with Crippen molar-refractivity contribution in [1.82, 2.24) is 4.98 Å². The quantitative estimate of drug-likeness (QED) is 0.791. The Labute approximate surface area is 117 Å². The third-order valence-electron chi connectivity index (χ3n) is 2.85. The standard InChI is InChI=1S/C14H19N3OS/c1-3-10(14-16-8-9-19-14)17-11-6-5-7-12(13(11)15)18-4-2/h5-10,17H,3-4,15H2,1-2H3. The molecular formula is C14H19N3OS. The zero-order valence-electron chi connectivity index (χ0n) is 11.2. The van der Waals surface area contributed by atoms with Crippen LogP contribution in [0.5, 0.6) is 5.75 Å². The molecule has 102 valence electrons. The molecule has 0 aliphatic heterocycles. The molecule has 1 atom stereocenters. The molecule has 4 nitrogen and oxygen atoms in total. The van der Waals surface area contributed by atoms with Gasteiger partial charge in [0.1, 0.15) is 10.8 Å². The second kappa shape index (κ2) is 6.43. The molecule has 0 bridgehead atoms. The molecular weight excluding hydrogens is 258 g/mol. The maximum Gasteiger partial charge on any atom is 0.144 e. The summed E-state index contributed by atoms with van der Waals surface area (Å²) >= 11 is 1.65. The van der Waals surface area contributed by atoms with Gasteiger partial charge in [0.15, 0.2) is 0 Å². The first kappa shape index (κ1) is 13.7. The van der Waals surface area contributed by atoms with Crippen LogP contribution in [0.2, 0.25) is 0 Å². The van der Waals surface area contributed by atoms with E-state index < -0.39 is 0 Å². The molecule has 1 unspecified atom stereocenters. The van der Waals surface area contributed by atoms with Crippen LogP contribution in [0.1, 0.15) is 31.3 Å². The van der Waals surface area contributed by atoms with Crippen LogP contribution in [0.15, 0.2) is 29.8 Å². The van der Waals surface area contributed by atoms with E-state index in [1.54, 1.807) is 11.3 Å². The predicted molar refractivity (Wildman–Crippen MR) is 80.8 cm³/mol. The number of benzene rings is 1. The first-order valence-electron chi connectivity index (χ1n) is 6.43. The molecule has 3 N–H and O–H groups in total. The van der Waals surface area contributed by atoms with Crippen LogP contribution in [-0.4, -0.2) is 11.6 Å². The van der Waals surface area contributed by atoms with Crippen molar-refractivity contribution in [2.45, 2.75) is 26.3 Å². The van der Waals surface area contributed by atoms with Crippen LogP contribution < -0.4 is 15.8 Å². The summed E-state index contributed by atoms with van der Waals surface area (Å²) in [6.07, 6.45) is 2.77. The van der Waals surface area contributed by atoms with Crippen LogP contribution >= 0.6 is 11.3 Å². The van der Waals surface area contributed by atoms with Gasteiger partial charge in [-0.2, -0.15) is 0 Å². The third-order valence-corrected chi connectivity index (χ3v) is 3.74. The number of hydrogen-bond donors (Lipinski definition) is 2. The van der Waals surface area contributed by atoms with Gasteiger partial charge in [0.25, 0.3) is 0 Å². The highest BCUT2D eigenvalue weighted by Crippen LogP contribution is 2.33. The number of nitrogen functional groups attached to an aromatic ring is 1. The molecule has 2 aromatic rings. The van der Waals surface area contributed by atoms with Crippen LogP contribution in [0.3, 0.4) is 0 Å². The molecule has 0 saturated heterocycles. The summed E-state index contributed by atoms with van der Waals surface area (Å²) in [5, 5.41) is 6.50. The van der Waals surface area contributed by atoms with Gasteiger partial charge in [-0.05, 0) is 25.5 Å². The van der Waals surface area contributed by atoms with E-state index >= 15 is 0 Å².